The van der Waals surface area contributed by atoms with Gasteiger partial charge in [-0.1, -0.05) is 17.7 Å². The van der Waals surface area contributed by atoms with Gasteiger partial charge in [0.05, 0.1) is 0 Å². The summed E-state index contributed by atoms with van der Waals surface area (Å²) in [5.74, 6) is 0.475. The Kier molecular flexibility index (Phi) is 4.79. The molecule has 2 aromatic heterocycles. The van der Waals surface area contributed by atoms with E-state index in [1.807, 2.05) is 0 Å². The second-order valence-corrected chi connectivity index (χ2v) is 9.22. The van der Waals surface area contributed by atoms with Crippen molar-refractivity contribution in [3.63, 3.8) is 0 Å². The summed E-state index contributed by atoms with van der Waals surface area (Å²) in [5.41, 5.74) is 8.09. The lowest BCUT2D eigenvalue weighted by atomic mass is 9.76. The van der Waals surface area contributed by atoms with Crippen molar-refractivity contribution < 1.29 is 14.4 Å². The van der Waals surface area contributed by atoms with Crippen LogP contribution in [0.3, 0.4) is 0 Å². The number of primary amides is 1. The maximum Gasteiger partial charge on any atom is 0.271 e. The molecule has 162 valence electrons. The molecule has 3 atom stereocenters. The number of pyridine rings is 1. The quantitative estimate of drug-likeness (QED) is 0.591. The summed E-state index contributed by atoms with van der Waals surface area (Å²) in [5, 5.41) is 5.77. The van der Waals surface area contributed by atoms with Crippen molar-refractivity contribution in [1.29, 1.82) is 0 Å². The van der Waals surface area contributed by atoms with E-state index in [1.165, 1.54) is 25.7 Å². The molecule has 31 heavy (non-hydrogen) atoms. The van der Waals surface area contributed by atoms with E-state index < -0.39 is 11.8 Å². The van der Waals surface area contributed by atoms with E-state index in [2.05, 4.69) is 21.7 Å². The number of allylic oxidation sites excluding steroid dienone is 2. The Bertz CT molecular complexity index is 1100. The molecule has 0 saturated heterocycles. The smallest absolute Gasteiger partial charge is 0.271 e. The molecule has 0 aliphatic heterocycles. The van der Waals surface area contributed by atoms with Crippen molar-refractivity contribution in [3.05, 3.63) is 47.4 Å². The first-order valence-corrected chi connectivity index (χ1v) is 11.0. The van der Waals surface area contributed by atoms with Crippen LogP contribution in [0.15, 0.2) is 36.0 Å². The summed E-state index contributed by atoms with van der Waals surface area (Å²) in [6, 6.07) is 5.25. The largest absolute Gasteiger partial charge is 0.370 e. The monoisotopic (exact) mass is 421 g/mol. The second kappa shape index (κ2) is 7.51. The number of rotatable bonds is 7. The van der Waals surface area contributed by atoms with Gasteiger partial charge >= 0.3 is 0 Å². The molecule has 2 heterocycles. The Hall–Kier alpha value is -3.16. The van der Waals surface area contributed by atoms with Gasteiger partial charge in [0.15, 0.2) is 0 Å². The molecular formula is C23H27N5O3. The standard InChI is InChI=1S/C23H27N5O3/c24-19(29)7-9-25-21(30)17-12-28-18(2-1-3-20(28)27-17)22(31)26-13-23-8-6-14-4-5-15(10-23)16(14)11-23/h1-3,6,12,15-16H,4-5,7-11,13H2,(H2,24,29)(H,25,30)(H,26,31). The van der Waals surface area contributed by atoms with Gasteiger partial charge in [-0.05, 0) is 61.5 Å². The highest BCUT2D eigenvalue weighted by Crippen LogP contribution is 2.59. The van der Waals surface area contributed by atoms with Crippen molar-refractivity contribution in [2.75, 3.05) is 13.1 Å². The molecule has 2 saturated carbocycles. The minimum atomic E-state index is -0.482. The fourth-order valence-corrected chi connectivity index (χ4v) is 5.73. The van der Waals surface area contributed by atoms with Crippen LogP contribution < -0.4 is 16.4 Å². The fraction of sp³-hybridized carbons (Fsp3) is 0.478. The van der Waals surface area contributed by atoms with E-state index >= 15 is 0 Å². The van der Waals surface area contributed by atoms with E-state index in [4.69, 9.17) is 5.73 Å². The van der Waals surface area contributed by atoms with E-state index in [9.17, 15) is 14.4 Å². The number of amides is 3. The number of nitrogens with two attached hydrogens (primary N) is 1. The molecular weight excluding hydrogens is 394 g/mol. The van der Waals surface area contributed by atoms with Crippen molar-refractivity contribution in [1.82, 2.24) is 20.0 Å². The highest BCUT2D eigenvalue weighted by Gasteiger charge is 2.50. The molecule has 4 N–H and O–H groups in total. The van der Waals surface area contributed by atoms with E-state index in [0.717, 1.165) is 18.3 Å². The van der Waals surface area contributed by atoms with Crippen LogP contribution in [-0.2, 0) is 4.79 Å². The molecule has 3 aliphatic carbocycles. The Labute approximate surface area is 180 Å². The van der Waals surface area contributed by atoms with Crippen LogP contribution in [0.2, 0.25) is 0 Å². The summed E-state index contributed by atoms with van der Waals surface area (Å²) in [4.78, 5) is 40.5. The molecule has 0 spiro atoms. The molecule has 8 nitrogen and oxygen atoms in total. The lowest BCUT2D eigenvalue weighted by Crippen LogP contribution is -2.37. The van der Waals surface area contributed by atoms with Gasteiger partial charge in [-0.2, -0.15) is 0 Å². The second-order valence-electron chi connectivity index (χ2n) is 9.22. The summed E-state index contributed by atoms with van der Waals surface area (Å²) >= 11 is 0. The summed E-state index contributed by atoms with van der Waals surface area (Å²) in [6.45, 7) is 0.823. The lowest BCUT2D eigenvalue weighted by Gasteiger charge is -2.32. The highest BCUT2D eigenvalue weighted by atomic mass is 16.2. The van der Waals surface area contributed by atoms with Gasteiger partial charge in [-0.15, -0.1) is 0 Å². The average Bonchev–Trinajstić information content (AvgIpc) is 3.41. The first-order chi connectivity index (χ1) is 14.9. The van der Waals surface area contributed by atoms with E-state index in [-0.39, 0.29) is 30.0 Å². The summed E-state index contributed by atoms with van der Waals surface area (Å²) in [7, 11) is 0. The minimum absolute atomic E-state index is 0.0624. The highest BCUT2D eigenvalue weighted by molar-refractivity contribution is 5.95. The van der Waals surface area contributed by atoms with Crippen LogP contribution >= 0.6 is 0 Å². The first kappa shape index (κ1) is 19.8. The van der Waals surface area contributed by atoms with E-state index in [0.29, 0.717) is 17.9 Å². The van der Waals surface area contributed by atoms with Crippen molar-refractivity contribution in [2.45, 2.75) is 38.5 Å². The predicted octanol–water partition coefficient (Wildman–Crippen LogP) is 1.81. The van der Waals surface area contributed by atoms with Crippen LogP contribution in [0.5, 0.6) is 0 Å². The average molecular weight is 422 g/mol. The first-order valence-electron chi connectivity index (χ1n) is 11.0. The molecule has 2 aromatic rings. The van der Waals surface area contributed by atoms with Crippen LogP contribution in [-0.4, -0.2) is 40.2 Å². The Morgan fingerprint density at radius 3 is 2.90 bits per heavy atom. The maximum atomic E-state index is 13.0. The predicted molar refractivity (Wildman–Crippen MR) is 114 cm³/mol. The number of imidazole rings is 1. The van der Waals surface area contributed by atoms with Crippen LogP contribution in [0.4, 0.5) is 0 Å². The fourth-order valence-electron chi connectivity index (χ4n) is 5.73. The number of aromatic nitrogens is 2. The van der Waals surface area contributed by atoms with Crippen LogP contribution in [0.25, 0.3) is 5.65 Å². The van der Waals surface area contributed by atoms with Gasteiger partial charge in [0.2, 0.25) is 5.91 Å². The molecule has 3 aliphatic rings. The van der Waals surface area contributed by atoms with Crippen molar-refractivity contribution >= 4 is 23.4 Å². The summed E-state index contributed by atoms with van der Waals surface area (Å²) < 4.78 is 1.64. The number of carbonyl (C=O) groups excluding carboxylic acids is 3. The topological polar surface area (TPSA) is 119 Å². The van der Waals surface area contributed by atoms with Gasteiger partial charge < -0.3 is 16.4 Å². The third-order valence-corrected chi connectivity index (χ3v) is 7.23. The number of nitrogens with one attached hydrogen (secondary N) is 2. The van der Waals surface area contributed by atoms with Gasteiger partial charge in [-0.25, -0.2) is 4.98 Å². The van der Waals surface area contributed by atoms with Crippen LogP contribution in [0.1, 0.15) is 59.5 Å². The van der Waals surface area contributed by atoms with Crippen molar-refractivity contribution in [2.24, 2.45) is 23.0 Å². The van der Waals surface area contributed by atoms with Crippen molar-refractivity contribution in [3.8, 4) is 0 Å². The summed E-state index contributed by atoms with van der Waals surface area (Å²) in [6.07, 6.45) is 10.0. The van der Waals surface area contributed by atoms with E-state index in [1.54, 1.807) is 34.4 Å². The Morgan fingerprint density at radius 1 is 1.19 bits per heavy atom. The zero-order valence-corrected chi connectivity index (χ0v) is 17.4. The normalized spacial score (nSPS) is 26.0. The lowest BCUT2D eigenvalue weighted by molar-refractivity contribution is -0.117. The Morgan fingerprint density at radius 2 is 2.06 bits per heavy atom. The van der Waals surface area contributed by atoms with Gasteiger partial charge in [0, 0.05) is 25.7 Å². The Balaban J connectivity index is 1.29. The number of carbonyl (C=O) groups is 3. The molecule has 0 radical (unpaired) electrons. The third kappa shape index (κ3) is 3.60. The van der Waals surface area contributed by atoms with Gasteiger partial charge in [0.1, 0.15) is 17.0 Å². The zero-order chi connectivity index (χ0) is 21.6. The number of hydrogen-bond donors (Lipinski definition) is 3. The molecule has 5 rings (SSSR count). The third-order valence-electron chi connectivity index (χ3n) is 7.23. The number of fused-ring (bicyclic) bond motifs is 2. The number of hydrogen-bond acceptors (Lipinski definition) is 4. The maximum absolute atomic E-state index is 13.0. The SMILES string of the molecule is NC(=O)CCNC(=O)c1cn2c(C(=O)NCC34CC=C5CCC(C3)C5C4)cccc2n1. The molecule has 3 unspecified atom stereocenters. The van der Waals surface area contributed by atoms with Gasteiger partial charge in [-0.3, -0.25) is 18.8 Å². The minimum Gasteiger partial charge on any atom is -0.370 e. The van der Waals surface area contributed by atoms with Crippen LogP contribution in [0, 0.1) is 17.3 Å². The van der Waals surface area contributed by atoms with Gasteiger partial charge in [0.25, 0.3) is 11.8 Å². The molecule has 0 aromatic carbocycles. The molecule has 2 bridgehead atoms. The molecule has 2 fully saturated rings. The molecule has 8 heteroatoms. The molecule has 3 amide bonds. The number of nitrogens with zero attached hydrogens (tertiary/aromatic N) is 2. The zero-order valence-electron chi connectivity index (χ0n) is 17.4.